The number of hydrogen-bond donors (Lipinski definition) is 0. The summed E-state index contributed by atoms with van der Waals surface area (Å²) in [4.78, 5) is 16.4. The minimum atomic E-state index is 0.0551. The third kappa shape index (κ3) is 4.62. The van der Waals surface area contributed by atoms with Crippen LogP contribution >= 0.6 is 0 Å². The van der Waals surface area contributed by atoms with E-state index in [2.05, 4.69) is 11.0 Å². The second-order valence-corrected chi connectivity index (χ2v) is 6.32. The van der Waals surface area contributed by atoms with E-state index in [1.807, 2.05) is 48.5 Å². The Bertz CT molecular complexity index is 770. The molecule has 0 saturated carbocycles. The maximum atomic E-state index is 12.5. The van der Waals surface area contributed by atoms with Crippen molar-refractivity contribution in [3.8, 4) is 11.8 Å². The van der Waals surface area contributed by atoms with Gasteiger partial charge in [0.2, 0.25) is 5.91 Å². The Labute approximate surface area is 154 Å². The number of ether oxygens (including phenoxy) is 1. The highest BCUT2D eigenvalue weighted by Gasteiger charge is 2.26. The Hall–Kier alpha value is -2.84. The highest BCUT2D eigenvalue weighted by atomic mass is 16.5. The molecular weight excluding hydrogens is 326 g/mol. The van der Waals surface area contributed by atoms with Gasteiger partial charge in [0.15, 0.2) is 0 Å². The summed E-state index contributed by atoms with van der Waals surface area (Å²) in [6, 6.07) is 19.2. The fourth-order valence-electron chi connectivity index (χ4n) is 3.12. The van der Waals surface area contributed by atoms with E-state index in [9.17, 15) is 10.1 Å². The summed E-state index contributed by atoms with van der Waals surface area (Å²) >= 11 is 0. The van der Waals surface area contributed by atoms with Gasteiger partial charge in [0.25, 0.3) is 0 Å². The van der Waals surface area contributed by atoms with Crippen molar-refractivity contribution in [3.05, 3.63) is 60.2 Å². The van der Waals surface area contributed by atoms with Crippen LogP contribution < -0.4 is 9.64 Å². The normalized spacial score (nSPS) is 14.9. The van der Waals surface area contributed by atoms with Crippen molar-refractivity contribution in [1.82, 2.24) is 4.90 Å². The number of carbonyl (C=O) groups is 1. The van der Waals surface area contributed by atoms with Crippen molar-refractivity contribution in [2.24, 2.45) is 0 Å². The first-order valence-electron chi connectivity index (χ1n) is 8.97. The van der Waals surface area contributed by atoms with Crippen LogP contribution in [0.2, 0.25) is 0 Å². The van der Waals surface area contributed by atoms with Gasteiger partial charge in [-0.1, -0.05) is 30.3 Å². The maximum absolute atomic E-state index is 12.5. The van der Waals surface area contributed by atoms with Gasteiger partial charge in [0.1, 0.15) is 11.8 Å². The summed E-state index contributed by atoms with van der Waals surface area (Å²) in [6.45, 7) is 3.42. The van der Waals surface area contributed by atoms with E-state index >= 15 is 0 Å². The molecule has 0 bridgehead atoms. The number of amides is 1. The van der Waals surface area contributed by atoms with Crippen molar-refractivity contribution in [1.29, 1.82) is 5.26 Å². The molecule has 2 aromatic carbocycles. The van der Waals surface area contributed by atoms with Crippen LogP contribution in [0.3, 0.4) is 0 Å². The number of unbranched alkanes of at least 4 members (excludes halogenated alkanes) is 1. The van der Waals surface area contributed by atoms with Crippen molar-refractivity contribution >= 4 is 11.6 Å². The van der Waals surface area contributed by atoms with Gasteiger partial charge in [-0.15, -0.1) is 0 Å². The predicted molar refractivity (Wildman–Crippen MR) is 101 cm³/mol. The van der Waals surface area contributed by atoms with E-state index in [1.165, 1.54) is 0 Å². The molecule has 1 saturated heterocycles. The van der Waals surface area contributed by atoms with Crippen molar-refractivity contribution in [2.75, 3.05) is 37.7 Å². The van der Waals surface area contributed by atoms with Crippen LogP contribution in [-0.4, -0.2) is 43.6 Å². The fourth-order valence-corrected chi connectivity index (χ4v) is 3.12. The van der Waals surface area contributed by atoms with E-state index in [-0.39, 0.29) is 5.91 Å². The van der Waals surface area contributed by atoms with E-state index in [4.69, 9.17) is 4.74 Å². The summed E-state index contributed by atoms with van der Waals surface area (Å²) in [5, 5.41) is 9.23. The molecule has 134 valence electrons. The third-order valence-corrected chi connectivity index (χ3v) is 4.50. The summed E-state index contributed by atoms with van der Waals surface area (Å²) in [6.07, 6.45) is 1.95. The Balaban J connectivity index is 1.41. The molecule has 0 radical (unpaired) electrons. The fraction of sp³-hybridized carbons (Fsp3) is 0.333. The van der Waals surface area contributed by atoms with Crippen LogP contribution in [0.4, 0.5) is 5.69 Å². The largest absolute Gasteiger partial charge is 0.494 e. The smallest absolute Gasteiger partial charge is 0.241 e. The van der Waals surface area contributed by atoms with Gasteiger partial charge in [0.05, 0.1) is 24.4 Å². The molecule has 0 unspecified atom stereocenters. The lowest BCUT2D eigenvalue weighted by Gasteiger charge is -2.34. The number of piperazine rings is 1. The van der Waals surface area contributed by atoms with Gasteiger partial charge in [-0.3, -0.25) is 9.69 Å². The molecule has 1 aliphatic heterocycles. The van der Waals surface area contributed by atoms with Gasteiger partial charge >= 0.3 is 0 Å². The van der Waals surface area contributed by atoms with Crippen LogP contribution in [0.25, 0.3) is 0 Å². The van der Waals surface area contributed by atoms with E-state index < -0.39 is 0 Å². The molecule has 1 aliphatic rings. The first kappa shape index (κ1) is 18.0. The zero-order valence-corrected chi connectivity index (χ0v) is 14.8. The number of nitrogens with zero attached hydrogens (tertiary/aromatic N) is 3. The van der Waals surface area contributed by atoms with E-state index in [0.717, 1.165) is 37.4 Å². The molecule has 1 heterocycles. The van der Waals surface area contributed by atoms with Crippen LogP contribution in [0.15, 0.2) is 54.6 Å². The molecule has 0 atom stereocenters. The first-order valence-corrected chi connectivity index (χ1v) is 8.97. The number of nitriles is 1. The molecule has 1 fully saturated rings. The number of rotatable bonds is 7. The predicted octanol–water partition coefficient (Wildman–Crippen LogP) is 3.07. The summed E-state index contributed by atoms with van der Waals surface area (Å²) in [5.41, 5.74) is 1.27. The van der Waals surface area contributed by atoms with Crippen LogP contribution in [0, 0.1) is 11.3 Å². The number of para-hydroxylation sites is 2. The van der Waals surface area contributed by atoms with Crippen LogP contribution in [0.1, 0.15) is 18.4 Å². The number of carbonyl (C=O) groups excluding carboxylic acids is 1. The zero-order valence-electron chi connectivity index (χ0n) is 14.8. The standard InChI is InChI=1S/C21H23N3O2/c22-16-18-8-4-5-11-20(18)24-14-13-23(17-21(24)25)12-6-7-15-26-19-9-2-1-3-10-19/h1-5,8-11H,6-7,12-15,17H2. The quantitative estimate of drug-likeness (QED) is 0.721. The first-order chi connectivity index (χ1) is 12.8. The number of hydrogen-bond acceptors (Lipinski definition) is 4. The van der Waals surface area contributed by atoms with E-state index in [0.29, 0.717) is 25.3 Å². The lowest BCUT2D eigenvalue weighted by Crippen LogP contribution is -2.50. The molecule has 0 aliphatic carbocycles. The Morgan fingerprint density at radius 3 is 2.54 bits per heavy atom. The third-order valence-electron chi connectivity index (χ3n) is 4.50. The highest BCUT2D eigenvalue weighted by Crippen LogP contribution is 2.21. The molecule has 0 aromatic heterocycles. The van der Waals surface area contributed by atoms with E-state index in [1.54, 1.807) is 11.0 Å². The second-order valence-electron chi connectivity index (χ2n) is 6.32. The van der Waals surface area contributed by atoms with Gasteiger partial charge in [0, 0.05) is 13.1 Å². The second kappa shape index (κ2) is 9.02. The Morgan fingerprint density at radius 1 is 1.00 bits per heavy atom. The van der Waals surface area contributed by atoms with Gasteiger partial charge in [-0.05, 0) is 43.7 Å². The molecule has 1 amide bonds. The maximum Gasteiger partial charge on any atom is 0.241 e. The summed E-state index contributed by atoms with van der Waals surface area (Å²) in [7, 11) is 0. The lowest BCUT2D eigenvalue weighted by atomic mass is 10.1. The average Bonchev–Trinajstić information content (AvgIpc) is 2.69. The van der Waals surface area contributed by atoms with Gasteiger partial charge in [-0.2, -0.15) is 5.26 Å². The lowest BCUT2D eigenvalue weighted by molar-refractivity contribution is -0.121. The van der Waals surface area contributed by atoms with Crippen molar-refractivity contribution in [3.63, 3.8) is 0 Å². The number of benzene rings is 2. The molecule has 0 N–H and O–H groups in total. The topological polar surface area (TPSA) is 56.6 Å². The van der Waals surface area contributed by atoms with Crippen LogP contribution in [-0.2, 0) is 4.79 Å². The molecule has 3 rings (SSSR count). The molecule has 5 heteroatoms. The molecule has 2 aromatic rings. The zero-order chi connectivity index (χ0) is 18.2. The average molecular weight is 349 g/mol. The monoisotopic (exact) mass is 349 g/mol. The summed E-state index contributed by atoms with van der Waals surface area (Å²) < 4.78 is 5.69. The minimum Gasteiger partial charge on any atom is -0.494 e. The molecule has 5 nitrogen and oxygen atoms in total. The van der Waals surface area contributed by atoms with Gasteiger partial charge < -0.3 is 9.64 Å². The Morgan fingerprint density at radius 2 is 1.77 bits per heavy atom. The molecular formula is C21H23N3O2. The minimum absolute atomic E-state index is 0.0551. The molecule has 26 heavy (non-hydrogen) atoms. The molecule has 0 spiro atoms. The van der Waals surface area contributed by atoms with Crippen molar-refractivity contribution < 1.29 is 9.53 Å². The van der Waals surface area contributed by atoms with Crippen LogP contribution in [0.5, 0.6) is 5.75 Å². The van der Waals surface area contributed by atoms with Crippen molar-refractivity contribution in [2.45, 2.75) is 12.8 Å². The highest BCUT2D eigenvalue weighted by molar-refractivity contribution is 5.96. The SMILES string of the molecule is N#Cc1ccccc1N1CCN(CCCCOc2ccccc2)CC1=O. The van der Waals surface area contributed by atoms with Gasteiger partial charge in [-0.25, -0.2) is 0 Å². The summed E-state index contributed by atoms with van der Waals surface area (Å²) in [5.74, 6) is 0.951. The number of anilines is 1. The Kier molecular flexibility index (Phi) is 6.24.